The Kier molecular flexibility index (Phi) is 5.21. The summed E-state index contributed by atoms with van der Waals surface area (Å²) in [6.07, 6.45) is 1.61. The summed E-state index contributed by atoms with van der Waals surface area (Å²) in [5.41, 5.74) is 2.02. The molecule has 2 aromatic rings. The van der Waals surface area contributed by atoms with Crippen LogP contribution in [0.1, 0.15) is 11.1 Å². The van der Waals surface area contributed by atoms with E-state index >= 15 is 0 Å². The maximum Gasteiger partial charge on any atom is 0.213 e. The fourth-order valence-electron chi connectivity index (χ4n) is 1.74. The zero-order valence-electron chi connectivity index (χ0n) is 11.5. The molecule has 1 heterocycles. The summed E-state index contributed by atoms with van der Waals surface area (Å²) in [6.45, 7) is 1.14. The van der Waals surface area contributed by atoms with Crippen LogP contribution in [0.15, 0.2) is 36.5 Å². The Morgan fingerprint density at radius 3 is 2.65 bits per heavy atom. The first-order chi connectivity index (χ1) is 9.72. The van der Waals surface area contributed by atoms with Gasteiger partial charge < -0.3 is 14.8 Å². The molecule has 0 aliphatic heterocycles. The summed E-state index contributed by atoms with van der Waals surface area (Å²) in [7, 11) is 3.51. The predicted octanol–water partition coefficient (Wildman–Crippen LogP) is 3.04. The second kappa shape index (κ2) is 7.12. The number of rotatable bonds is 6. The van der Waals surface area contributed by atoms with Crippen molar-refractivity contribution in [2.75, 3.05) is 14.2 Å². The van der Waals surface area contributed by atoms with Crippen LogP contribution in [0.5, 0.6) is 11.6 Å². The molecular formula is C15H17ClN2O2. The number of nitrogens with one attached hydrogen (secondary N) is 1. The van der Waals surface area contributed by atoms with Crippen LogP contribution >= 0.6 is 11.6 Å². The Hall–Kier alpha value is -1.78. The summed E-state index contributed by atoms with van der Waals surface area (Å²) in [6, 6.07) is 9.58. The van der Waals surface area contributed by atoms with Gasteiger partial charge in [-0.05, 0) is 30.3 Å². The lowest BCUT2D eigenvalue weighted by Gasteiger charge is -2.09. The molecule has 0 saturated heterocycles. The Labute approximate surface area is 123 Å². The van der Waals surface area contributed by atoms with Crippen LogP contribution in [-0.4, -0.2) is 19.1 Å². The van der Waals surface area contributed by atoms with Gasteiger partial charge in [-0.25, -0.2) is 4.98 Å². The average Bonchev–Trinajstić information content (AvgIpc) is 2.49. The number of hydrogen-bond acceptors (Lipinski definition) is 4. The highest BCUT2D eigenvalue weighted by atomic mass is 35.5. The van der Waals surface area contributed by atoms with Crippen molar-refractivity contribution in [2.45, 2.75) is 13.2 Å². The Morgan fingerprint density at radius 1 is 1.25 bits per heavy atom. The minimum atomic E-state index is 0.456. The number of hydrogen-bond donors (Lipinski definition) is 1. The van der Waals surface area contributed by atoms with E-state index in [1.54, 1.807) is 13.3 Å². The summed E-state index contributed by atoms with van der Waals surface area (Å²) in [5.74, 6) is 1.39. The minimum Gasteiger partial charge on any atom is -0.497 e. The lowest BCUT2D eigenvalue weighted by Crippen LogP contribution is -2.06. The van der Waals surface area contributed by atoms with Gasteiger partial charge in [0.05, 0.1) is 12.1 Å². The number of nitrogens with zero attached hydrogens (tertiary/aromatic N) is 1. The van der Waals surface area contributed by atoms with Crippen LogP contribution in [0.2, 0.25) is 5.02 Å². The average molecular weight is 293 g/mol. The van der Waals surface area contributed by atoms with Crippen molar-refractivity contribution < 1.29 is 9.47 Å². The number of methoxy groups -OCH3 is 1. The third-order valence-corrected chi connectivity index (χ3v) is 3.16. The number of ether oxygens (including phenoxy) is 2. The molecule has 1 aromatic heterocycles. The van der Waals surface area contributed by atoms with Crippen molar-refractivity contribution in [3.05, 3.63) is 52.7 Å². The summed E-state index contributed by atoms with van der Waals surface area (Å²) in [4.78, 5) is 4.16. The minimum absolute atomic E-state index is 0.456. The van der Waals surface area contributed by atoms with Gasteiger partial charge in [0.25, 0.3) is 0 Å². The van der Waals surface area contributed by atoms with Crippen LogP contribution in [0.4, 0.5) is 0 Å². The Bertz CT molecular complexity index is 558. The lowest BCUT2D eigenvalue weighted by atomic mass is 10.2. The number of halogens is 1. The maximum atomic E-state index is 6.05. The SMILES string of the molecule is CNCc1cc(OCc2ccc(OC)cc2)ncc1Cl. The van der Waals surface area contributed by atoms with E-state index in [2.05, 4.69) is 10.3 Å². The normalized spacial score (nSPS) is 10.3. The first kappa shape index (κ1) is 14.6. The Morgan fingerprint density at radius 2 is 2.00 bits per heavy atom. The molecule has 2 rings (SSSR count). The number of benzene rings is 1. The second-order valence-electron chi connectivity index (χ2n) is 4.28. The van der Waals surface area contributed by atoms with Crippen molar-refractivity contribution in [3.63, 3.8) is 0 Å². The van der Waals surface area contributed by atoms with Gasteiger partial charge >= 0.3 is 0 Å². The van der Waals surface area contributed by atoms with Gasteiger partial charge in [-0.1, -0.05) is 23.7 Å². The van der Waals surface area contributed by atoms with E-state index in [0.717, 1.165) is 16.9 Å². The van der Waals surface area contributed by atoms with Crippen molar-refractivity contribution in [3.8, 4) is 11.6 Å². The molecule has 0 fully saturated rings. The van der Waals surface area contributed by atoms with E-state index in [0.29, 0.717) is 24.1 Å². The van der Waals surface area contributed by atoms with Gasteiger partial charge in [0.2, 0.25) is 5.88 Å². The molecule has 0 radical (unpaired) electrons. The zero-order chi connectivity index (χ0) is 14.4. The van der Waals surface area contributed by atoms with Crippen molar-refractivity contribution in [1.29, 1.82) is 0 Å². The molecule has 0 spiro atoms. The van der Waals surface area contributed by atoms with Crippen molar-refractivity contribution >= 4 is 11.6 Å². The monoisotopic (exact) mass is 292 g/mol. The zero-order valence-corrected chi connectivity index (χ0v) is 12.3. The topological polar surface area (TPSA) is 43.4 Å². The second-order valence-corrected chi connectivity index (χ2v) is 4.69. The molecular weight excluding hydrogens is 276 g/mol. The highest BCUT2D eigenvalue weighted by Gasteiger charge is 2.04. The van der Waals surface area contributed by atoms with E-state index < -0.39 is 0 Å². The van der Waals surface area contributed by atoms with E-state index in [1.165, 1.54) is 0 Å². The molecule has 0 saturated carbocycles. The maximum absolute atomic E-state index is 6.05. The van der Waals surface area contributed by atoms with Crippen LogP contribution in [-0.2, 0) is 13.2 Å². The third-order valence-electron chi connectivity index (χ3n) is 2.82. The molecule has 1 aromatic carbocycles. The van der Waals surface area contributed by atoms with E-state index in [9.17, 15) is 0 Å². The van der Waals surface area contributed by atoms with Gasteiger partial charge in [0.1, 0.15) is 12.4 Å². The molecule has 0 unspecified atom stereocenters. The van der Waals surface area contributed by atoms with Crippen LogP contribution in [0.3, 0.4) is 0 Å². The van der Waals surface area contributed by atoms with Crippen molar-refractivity contribution in [2.24, 2.45) is 0 Å². The first-order valence-corrected chi connectivity index (χ1v) is 6.65. The fraction of sp³-hybridized carbons (Fsp3) is 0.267. The van der Waals surface area contributed by atoms with Gasteiger partial charge in [-0.3, -0.25) is 0 Å². The summed E-state index contributed by atoms with van der Waals surface area (Å²) < 4.78 is 10.8. The van der Waals surface area contributed by atoms with Gasteiger partial charge in [0.15, 0.2) is 0 Å². The van der Waals surface area contributed by atoms with Gasteiger partial charge in [0, 0.05) is 18.8 Å². The molecule has 20 heavy (non-hydrogen) atoms. The molecule has 0 aliphatic carbocycles. The fourth-order valence-corrected chi connectivity index (χ4v) is 1.91. The molecule has 0 amide bonds. The largest absolute Gasteiger partial charge is 0.497 e. The number of aromatic nitrogens is 1. The number of pyridine rings is 1. The molecule has 1 N–H and O–H groups in total. The molecule has 106 valence electrons. The first-order valence-electron chi connectivity index (χ1n) is 6.27. The van der Waals surface area contributed by atoms with E-state index in [1.807, 2.05) is 37.4 Å². The van der Waals surface area contributed by atoms with Gasteiger partial charge in [-0.2, -0.15) is 0 Å². The van der Waals surface area contributed by atoms with E-state index in [4.69, 9.17) is 21.1 Å². The van der Waals surface area contributed by atoms with Crippen LogP contribution in [0.25, 0.3) is 0 Å². The molecule has 4 nitrogen and oxygen atoms in total. The van der Waals surface area contributed by atoms with Gasteiger partial charge in [-0.15, -0.1) is 0 Å². The standard InChI is InChI=1S/C15H17ClN2O2/c1-17-8-12-7-15(18-9-14(12)16)20-10-11-3-5-13(19-2)6-4-11/h3-7,9,17H,8,10H2,1-2H3. The van der Waals surface area contributed by atoms with Crippen LogP contribution < -0.4 is 14.8 Å². The molecule has 0 atom stereocenters. The smallest absolute Gasteiger partial charge is 0.213 e. The summed E-state index contributed by atoms with van der Waals surface area (Å²) in [5, 5.41) is 3.69. The lowest BCUT2D eigenvalue weighted by molar-refractivity contribution is 0.293. The third kappa shape index (κ3) is 3.85. The van der Waals surface area contributed by atoms with E-state index in [-0.39, 0.29) is 0 Å². The highest BCUT2D eigenvalue weighted by Crippen LogP contribution is 2.20. The molecule has 0 aliphatic rings. The quantitative estimate of drug-likeness (QED) is 0.889. The predicted molar refractivity (Wildman–Crippen MR) is 79.3 cm³/mol. The van der Waals surface area contributed by atoms with Crippen molar-refractivity contribution in [1.82, 2.24) is 10.3 Å². The Balaban J connectivity index is 2.00. The molecule has 0 bridgehead atoms. The molecule has 5 heteroatoms. The summed E-state index contributed by atoms with van der Waals surface area (Å²) >= 11 is 6.05. The highest BCUT2D eigenvalue weighted by molar-refractivity contribution is 6.31. The van der Waals surface area contributed by atoms with Crippen LogP contribution in [0, 0.1) is 0 Å².